The van der Waals surface area contributed by atoms with Gasteiger partial charge in [-0.25, -0.2) is 0 Å². The van der Waals surface area contributed by atoms with Crippen LogP contribution in [0.25, 0.3) is 94.7 Å². The third-order valence-corrected chi connectivity index (χ3v) is 17.9. The van der Waals surface area contributed by atoms with Crippen LogP contribution in [0.1, 0.15) is 87.0 Å². The molecule has 0 atom stereocenters. The van der Waals surface area contributed by atoms with Crippen LogP contribution in [0.3, 0.4) is 0 Å². The summed E-state index contributed by atoms with van der Waals surface area (Å²) in [6.07, 6.45) is 1.91. The number of benzene rings is 8. The maximum absolute atomic E-state index is 8.49. The van der Waals surface area contributed by atoms with Crippen molar-refractivity contribution in [2.24, 2.45) is 0 Å². The van der Waals surface area contributed by atoms with Crippen molar-refractivity contribution in [1.82, 2.24) is 14.5 Å². The maximum Gasteiger partial charge on any atom is 0 e. The Labute approximate surface area is 453 Å². The molecule has 0 amide bonds. The van der Waals surface area contributed by atoms with Crippen LogP contribution in [0.5, 0.6) is 0 Å². The van der Waals surface area contributed by atoms with Crippen LogP contribution in [0.15, 0.2) is 187 Å². The molecule has 0 saturated heterocycles. The molecule has 0 N–H and O–H groups in total. The summed E-state index contributed by atoms with van der Waals surface area (Å²) in [5, 5.41) is 2.14. The maximum atomic E-state index is 8.49. The summed E-state index contributed by atoms with van der Waals surface area (Å²) < 4.78 is 41.2. The predicted octanol–water partition coefficient (Wildman–Crippen LogP) is 18.2. The summed E-state index contributed by atoms with van der Waals surface area (Å²) in [7, 11) is 0. The van der Waals surface area contributed by atoms with Gasteiger partial charge in [0.05, 0.1) is 22.4 Å². The van der Waals surface area contributed by atoms with Crippen LogP contribution >= 0.6 is 0 Å². The standard InChI is InChI=1S/C49H39N2O.C18H24GeN.Ir/c1-31(2)42-28-38(34-16-9-6-10-17-34)29-43(32(3)4)47(42)51-45-21-12-11-20-44(45)50-49(51)41-19-13-18-40-39-27-26-37(30-46(39)52-48(40)41)36-24-22-35(23-25-36)33-14-7-5-8-15-33;1-13(2)16-11-18(15-9-7-14(3)8-10-15)20-12-17(16)19(4,5)6;/h5-18,20-32H,1-4H3;7-9,11-13H,1-6H3;/q2*-1;/i;3D3,13D;. The number of nitrogens with zero attached hydrogens (tertiary/aromatic N) is 3. The van der Waals surface area contributed by atoms with Crippen LogP contribution in [-0.4, -0.2) is 27.8 Å². The van der Waals surface area contributed by atoms with E-state index in [-0.39, 0.29) is 37.5 Å². The zero-order valence-electron chi connectivity index (χ0n) is 47.1. The first-order chi connectivity index (χ1) is 36.2. The smallest absolute Gasteiger partial charge is 0 e. The molecule has 8 aromatic carbocycles. The average Bonchev–Trinajstić information content (AvgIpc) is 4.05. The van der Waals surface area contributed by atoms with Gasteiger partial charge in [0.2, 0.25) is 0 Å². The van der Waals surface area contributed by atoms with Crippen molar-refractivity contribution in [2.75, 3.05) is 0 Å². The Bertz CT molecular complexity index is 3840. The fourth-order valence-electron chi connectivity index (χ4n) is 9.81. The second-order valence-electron chi connectivity index (χ2n) is 20.6. The number of imidazole rings is 1. The molecule has 3 aromatic heterocycles. The Hall–Kier alpha value is -6.63. The predicted molar refractivity (Wildman–Crippen MR) is 307 cm³/mol. The largest absolute Gasteiger partial charge is 0 e. The minimum absolute atomic E-state index is 0. The number of para-hydroxylation sites is 2. The van der Waals surface area contributed by atoms with Crippen molar-refractivity contribution in [2.45, 2.75) is 83.4 Å². The van der Waals surface area contributed by atoms with Gasteiger partial charge in [0.1, 0.15) is 5.58 Å². The van der Waals surface area contributed by atoms with Gasteiger partial charge in [0, 0.05) is 31.2 Å². The Morgan fingerprint density at radius 1 is 0.603 bits per heavy atom. The van der Waals surface area contributed by atoms with E-state index in [0.717, 1.165) is 72.3 Å². The van der Waals surface area contributed by atoms with Crippen LogP contribution in [0, 0.1) is 19.0 Å². The first kappa shape index (κ1) is 46.2. The van der Waals surface area contributed by atoms with E-state index in [9.17, 15) is 0 Å². The van der Waals surface area contributed by atoms with E-state index in [4.69, 9.17) is 14.9 Å². The topological polar surface area (TPSA) is 43.9 Å². The van der Waals surface area contributed by atoms with Gasteiger partial charge in [-0.2, -0.15) is 0 Å². The number of hydrogen-bond acceptors (Lipinski definition) is 3. The zero-order chi connectivity index (χ0) is 53.7. The first-order valence-electron chi connectivity index (χ1n) is 27.0. The summed E-state index contributed by atoms with van der Waals surface area (Å²) in [6.45, 7) is 10.8. The quantitative estimate of drug-likeness (QED) is 0.101. The van der Waals surface area contributed by atoms with Crippen LogP contribution in [-0.2, 0) is 20.1 Å². The molecule has 11 rings (SSSR count). The Balaban J connectivity index is 0.000000244. The van der Waals surface area contributed by atoms with Crippen LogP contribution < -0.4 is 4.40 Å². The fraction of sp³-hybridized carbons (Fsp3) is 0.194. The summed E-state index contributed by atoms with van der Waals surface area (Å²) in [5.74, 6) is 7.56. The van der Waals surface area contributed by atoms with Gasteiger partial charge in [0.25, 0.3) is 0 Å². The van der Waals surface area contributed by atoms with E-state index in [0.29, 0.717) is 0 Å². The van der Waals surface area contributed by atoms with Gasteiger partial charge in [-0.1, -0.05) is 148 Å². The number of rotatable bonds is 10. The molecule has 0 spiro atoms. The molecule has 0 aliphatic heterocycles. The summed E-state index contributed by atoms with van der Waals surface area (Å²) >= 11 is -2.14. The first-order valence-corrected chi connectivity index (χ1v) is 32.4. The van der Waals surface area contributed by atoms with Crippen molar-refractivity contribution in [3.8, 4) is 61.7 Å². The number of furan rings is 1. The molecule has 1 radical (unpaired) electrons. The third-order valence-electron chi connectivity index (χ3n) is 13.6. The van der Waals surface area contributed by atoms with Gasteiger partial charge in [0.15, 0.2) is 0 Å². The Morgan fingerprint density at radius 3 is 1.81 bits per heavy atom. The van der Waals surface area contributed by atoms with Gasteiger partial charge >= 0.3 is 131 Å². The van der Waals surface area contributed by atoms with Crippen molar-refractivity contribution in [3.05, 3.63) is 217 Å². The molecule has 4 nitrogen and oxygen atoms in total. The molecule has 11 aromatic rings. The Morgan fingerprint density at radius 2 is 1.21 bits per heavy atom. The monoisotopic (exact) mass is 1200 g/mol. The SMILES string of the molecule is CC(C)c1cc(-c2ccccc2)cc(C(C)C)c1-n1c(-c2[c-]ccc3c2oc2cc(-c4ccc(-c5ccccc5)cc4)ccc23)nc2ccccc21.[2H]C([2H])([2H])c1c[c-]c(-c2cc(C([2H])(C)C)[c]([Ge]([CH3])([CH3])[CH3])cn2)cc1.[Ir]. The van der Waals surface area contributed by atoms with Gasteiger partial charge in [-0.15, -0.1) is 18.2 Å². The molecule has 0 unspecified atom stereocenters. The number of aryl methyl sites for hydroxylation is 1. The Kier molecular flexibility index (Phi) is 13.6. The van der Waals surface area contributed by atoms with Crippen molar-refractivity contribution < 1.29 is 30.0 Å². The molecule has 73 heavy (non-hydrogen) atoms. The number of hydrogen-bond donors (Lipinski definition) is 0. The van der Waals surface area contributed by atoms with Gasteiger partial charge in [-0.05, 0) is 86.7 Å². The number of pyridine rings is 1. The van der Waals surface area contributed by atoms with Crippen molar-refractivity contribution in [3.63, 3.8) is 0 Å². The molecule has 0 aliphatic rings. The second-order valence-corrected chi connectivity index (χ2v) is 31.2. The molecule has 367 valence electrons. The summed E-state index contributed by atoms with van der Waals surface area (Å²) in [5.41, 5.74) is 18.2. The molecule has 0 bridgehead atoms. The molecular formula is C67H63GeIrN3O-2. The molecule has 0 aliphatic carbocycles. The van der Waals surface area contributed by atoms with Crippen molar-refractivity contribution in [1.29, 1.82) is 0 Å². The third kappa shape index (κ3) is 10.5. The molecular weight excluding hydrogens is 1130 g/mol. The van der Waals surface area contributed by atoms with E-state index >= 15 is 0 Å². The molecule has 0 saturated carbocycles. The van der Waals surface area contributed by atoms with E-state index in [1.807, 2.05) is 38.2 Å². The van der Waals surface area contributed by atoms with Gasteiger partial charge in [-0.3, -0.25) is 4.98 Å². The van der Waals surface area contributed by atoms with Crippen LogP contribution in [0.2, 0.25) is 17.3 Å². The summed E-state index contributed by atoms with van der Waals surface area (Å²) in [4.78, 5) is 9.90. The van der Waals surface area contributed by atoms with Gasteiger partial charge < -0.3 is 8.98 Å². The van der Waals surface area contributed by atoms with E-state index in [2.05, 4.69) is 206 Å². The van der Waals surface area contributed by atoms with Crippen molar-refractivity contribution >= 4 is 50.6 Å². The molecule has 0 fully saturated rings. The normalized spacial score (nSPS) is 12.8. The number of aromatic nitrogens is 3. The van der Waals surface area contributed by atoms with E-state index in [1.165, 1.54) is 49.5 Å². The van der Waals surface area contributed by atoms with E-state index in [1.54, 1.807) is 12.1 Å². The van der Waals surface area contributed by atoms with Crippen LogP contribution in [0.4, 0.5) is 0 Å². The summed E-state index contributed by atoms with van der Waals surface area (Å²) in [6, 6.07) is 67.2. The fourth-order valence-corrected chi connectivity index (χ4v) is 13.1. The minimum atomic E-state index is -2.14. The average molecular weight is 1200 g/mol. The van der Waals surface area contributed by atoms with E-state index < -0.39 is 26.0 Å². The zero-order valence-corrected chi connectivity index (χ0v) is 47.6. The molecule has 3 heterocycles. The minimum Gasteiger partial charge on any atom is 0 e. The second kappa shape index (κ2) is 21.5. The number of fused-ring (bicyclic) bond motifs is 4. The molecule has 6 heteroatoms.